The van der Waals surface area contributed by atoms with E-state index in [1.807, 2.05) is 13.8 Å². The molecule has 0 unspecified atom stereocenters. The first-order valence-electron chi connectivity index (χ1n) is 13.5. The minimum atomic E-state index is -1.78. The Morgan fingerprint density at radius 1 is 1.10 bits per heavy atom. The van der Waals surface area contributed by atoms with Crippen molar-refractivity contribution in [2.24, 2.45) is 5.92 Å². The number of piperidine rings is 1. The molecule has 14 heteroatoms. The summed E-state index contributed by atoms with van der Waals surface area (Å²) in [6.07, 6.45) is 1.09. The molecule has 14 nitrogen and oxygen atoms in total. The molecule has 4 atom stereocenters. The standard InChI is InChI=1S/C27H36N6O8/c1-15(2)14-19(23(36)29-17-7-9-18(10-8-17)33(40)41)30-24(37)20-6-5-13-32(20)25(38)16(3)28-26(39)27(4)21(34)11-12-22(35)31-27/h7-10,15-16,19-20H,5-6,11-14H2,1-4H3,(H,28,39)(H,29,36)(H,30,37)(H,31,35)/t16-,19-,20-,27+/m0/s1. The molecule has 1 aromatic rings. The smallest absolute Gasteiger partial charge is 0.269 e. The Morgan fingerprint density at radius 2 is 1.76 bits per heavy atom. The van der Waals surface area contributed by atoms with E-state index in [-0.39, 0.29) is 31.0 Å². The number of hydrogen-bond donors (Lipinski definition) is 4. The van der Waals surface area contributed by atoms with E-state index in [2.05, 4.69) is 21.3 Å². The first-order chi connectivity index (χ1) is 19.2. The van der Waals surface area contributed by atoms with E-state index in [9.17, 15) is 38.9 Å². The van der Waals surface area contributed by atoms with Crippen LogP contribution >= 0.6 is 0 Å². The Bertz CT molecular complexity index is 1230. The summed E-state index contributed by atoms with van der Waals surface area (Å²) < 4.78 is 0. The van der Waals surface area contributed by atoms with Gasteiger partial charge in [0.25, 0.3) is 11.6 Å². The third-order valence-corrected chi connectivity index (χ3v) is 7.22. The maximum Gasteiger partial charge on any atom is 0.269 e. The number of hydrogen-bond acceptors (Lipinski definition) is 8. The molecule has 41 heavy (non-hydrogen) atoms. The lowest BCUT2D eigenvalue weighted by Crippen LogP contribution is -2.66. The first kappa shape index (κ1) is 31.2. The van der Waals surface area contributed by atoms with Crippen molar-refractivity contribution in [3.8, 4) is 0 Å². The average molecular weight is 573 g/mol. The van der Waals surface area contributed by atoms with E-state index in [0.717, 1.165) is 0 Å². The van der Waals surface area contributed by atoms with E-state index >= 15 is 0 Å². The van der Waals surface area contributed by atoms with Gasteiger partial charge in [-0.05, 0) is 51.2 Å². The molecule has 0 aliphatic carbocycles. The van der Waals surface area contributed by atoms with Gasteiger partial charge in [-0.1, -0.05) is 13.8 Å². The minimum absolute atomic E-state index is 0.00946. The maximum absolute atomic E-state index is 13.3. The SMILES string of the molecule is CC(C)C[C@H](NC(=O)[C@@H]1CCCN1C(=O)[C@H](C)NC(=O)[C@]1(C)NC(=O)CCC1=O)C(=O)Nc1ccc([N+](=O)[O-])cc1. The summed E-state index contributed by atoms with van der Waals surface area (Å²) in [6, 6.07) is 2.39. The molecule has 4 N–H and O–H groups in total. The zero-order valence-corrected chi connectivity index (χ0v) is 23.5. The fourth-order valence-corrected chi connectivity index (χ4v) is 4.89. The topological polar surface area (TPSA) is 197 Å². The zero-order valence-electron chi connectivity index (χ0n) is 23.5. The van der Waals surface area contributed by atoms with E-state index in [0.29, 0.717) is 24.9 Å². The predicted octanol–water partition coefficient (Wildman–Crippen LogP) is 0.798. The molecule has 0 bridgehead atoms. The molecule has 2 aliphatic rings. The second kappa shape index (κ2) is 12.9. The number of nitro groups is 1. The largest absolute Gasteiger partial charge is 0.342 e. The number of nitrogens with one attached hydrogen (secondary N) is 4. The average Bonchev–Trinajstić information content (AvgIpc) is 3.40. The number of non-ortho nitro benzene ring substituents is 1. The number of nitrogens with zero attached hydrogens (tertiary/aromatic N) is 2. The van der Waals surface area contributed by atoms with Crippen LogP contribution < -0.4 is 21.3 Å². The van der Waals surface area contributed by atoms with Crippen LogP contribution in [0.5, 0.6) is 0 Å². The van der Waals surface area contributed by atoms with Crippen LogP contribution in [0, 0.1) is 16.0 Å². The third-order valence-electron chi connectivity index (χ3n) is 7.22. The molecule has 5 amide bonds. The molecule has 2 aliphatic heterocycles. The number of benzene rings is 1. The molecule has 2 heterocycles. The molecule has 0 saturated carbocycles. The summed E-state index contributed by atoms with van der Waals surface area (Å²) in [6.45, 7) is 6.75. The zero-order chi connectivity index (χ0) is 30.5. The van der Waals surface area contributed by atoms with Crippen molar-refractivity contribution in [2.45, 2.75) is 83.5 Å². The monoisotopic (exact) mass is 572 g/mol. The van der Waals surface area contributed by atoms with E-state index in [1.54, 1.807) is 0 Å². The molecule has 0 spiro atoms. The second-order valence-electron chi connectivity index (χ2n) is 11.0. The van der Waals surface area contributed by atoms with Gasteiger partial charge >= 0.3 is 0 Å². The van der Waals surface area contributed by atoms with Crippen molar-refractivity contribution in [1.29, 1.82) is 0 Å². The van der Waals surface area contributed by atoms with Gasteiger partial charge in [0.15, 0.2) is 11.3 Å². The van der Waals surface area contributed by atoms with Gasteiger partial charge in [0, 0.05) is 37.2 Å². The van der Waals surface area contributed by atoms with Crippen LogP contribution in [0.1, 0.15) is 59.8 Å². The first-order valence-corrected chi connectivity index (χ1v) is 13.5. The number of Topliss-reactive ketones (excluding diaryl/α,β-unsaturated/α-hetero) is 1. The fraction of sp³-hybridized carbons (Fsp3) is 0.556. The fourth-order valence-electron chi connectivity index (χ4n) is 4.89. The third kappa shape index (κ3) is 7.44. The van der Waals surface area contributed by atoms with Crippen LogP contribution in [0.2, 0.25) is 0 Å². The number of rotatable bonds is 10. The van der Waals surface area contributed by atoms with Crippen LogP contribution in [0.15, 0.2) is 24.3 Å². The van der Waals surface area contributed by atoms with Gasteiger partial charge in [-0.15, -0.1) is 0 Å². The minimum Gasteiger partial charge on any atom is -0.342 e. The molecular weight excluding hydrogens is 536 g/mol. The van der Waals surface area contributed by atoms with Gasteiger partial charge in [0.05, 0.1) is 4.92 Å². The summed E-state index contributed by atoms with van der Waals surface area (Å²) in [7, 11) is 0. The van der Waals surface area contributed by atoms with Crippen LogP contribution in [-0.2, 0) is 28.8 Å². The Morgan fingerprint density at radius 3 is 2.37 bits per heavy atom. The van der Waals surface area contributed by atoms with Crippen LogP contribution in [0.3, 0.4) is 0 Å². The molecule has 2 saturated heterocycles. The Hall–Kier alpha value is -4.36. The van der Waals surface area contributed by atoms with Gasteiger partial charge in [0.1, 0.15) is 18.1 Å². The molecule has 0 aromatic heterocycles. The lowest BCUT2D eigenvalue weighted by Gasteiger charge is -2.33. The number of carbonyl (C=O) groups excluding carboxylic acids is 6. The van der Waals surface area contributed by atoms with E-state index < -0.39 is 63.9 Å². The summed E-state index contributed by atoms with van der Waals surface area (Å²) in [5.41, 5.74) is -1.59. The highest BCUT2D eigenvalue weighted by atomic mass is 16.6. The summed E-state index contributed by atoms with van der Waals surface area (Å²) in [4.78, 5) is 88.3. The number of anilines is 1. The van der Waals surface area contributed by atoms with Crippen molar-refractivity contribution < 1.29 is 33.7 Å². The highest BCUT2D eigenvalue weighted by molar-refractivity contribution is 6.15. The number of nitro benzene ring substituents is 1. The van der Waals surface area contributed by atoms with Gasteiger partial charge in [0.2, 0.25) is 23.6 Å². The lowest BCUT2D eigenvalue weighted by molar-refractivity contribution is -0.384. The van der Waals surface area contributed by atoms with Gasteiger partial charge in [-0.2, -0.15) is 0 Å². The van der Waals surface area contributed by atoms with Gasteiger partial charge in [-0.3, -0.25) is 38.9 Å². The lowest BCUT2D eigenvalue weighted by atomic mass is 9.88. The van der Waals surface area contributed by atoms with Crippen LogP contribution in [0.4, 0.5) is 11.4 Å². The van der Waals surface area contributed by atoms with Crippen molar-refractivity contribution in [3.63, 3.8) is 0 Å². The number of carbonyl (C=O) groups is 6. The number of likely N-dealkylation sites (tertiary alicyclic amines) is 1. The van der Waals surface area contributed by atoms with Gasteiger partial charge < -0.3 is 26.2 Å². The van der Waals surface area contributed by atoms with Crippen LogP contribution in [0.25, 0.3) is 0 Å². The normalized spacial score (nSPS) is 22.0. The number of amides is 5. The molecule has 0 radical (unpaired) electrons. The van der Waals surface area contributed by atoms with Crippen molar-refractivity contribution in [3.05, 3.63) is 34.4 Å². The van der Waals surface area contributed by atoms with E-state index in [1.165, 1.54) is 43.0 Å². The molecule has 2 fully saturated rings. The number of ketones is 1. The summed E-state index contributed by atoms with van der Waals surface area (Å²) in [5.74, 6) is -3.25. The van der Waals surface area contributed by atoms with Gasteiger partial charge in [-0.25, -0.2) is 0 Å². The second-order valence-corrected chi connectivity index (χ2v) is 11.0. The summed E-state index contributed by atoms with van der Waals surface area (Å²) >= 11 is 0. The quantitative estimate of drug-likeness (QED) is 0.179. The molecule has 222 valence electrons. The highest BCUT2D eigenvalue weighted by Crippen LogP contribution is 2.21. The molecular formula is C27H36N6O8. The predicted molar refractivity (Wildman–Crippen MR) is 146 cm³/mol. The van der Waals surface area contributed by atoms with Crippen molar-refractivity contribution >= 4 is 46.7 Å². The van der Waals surface area contributed by atoms with Crippen molar-refractivity contribution in [1.82, 2.24) is 20.9 Å². The van der Waals surface area contributed by atoms with E-state index in [4.69, 9.17) is 0 Å². The molecule has 1 aromatic carbocycles. The summed E-state index contributed by atoms with van der Waals surface area (Å²) in [5, 5.41) is 21.2. The Kier molecular flexibility index (Phi) is 9.79. The van der Waals surface area contributed by atoms with Crippen LogP contribution in [-0.4, -0.2) is 75.4 Å². The molecule has 3 rings (SSSR count). The highest BCUT2D eigenvalue weighted by Gasteiger charge is 2.46. The van der Waals surface area contributed by atoms with Crippen molar-refractivity contribution in [2.75, 3.05) is 11.9 Å². The Balaban J connectivity index is 1.66. The maximum atomic E-state index is 13.3. The Labute approximate surface area is 237 Å².